The second-order valence-corrected chi connectivity index (χ2v) is 5.69. The van der Waals surface area contributed by atoms with Crippen molar-refractivity contribution in [3.63, 3.8) is 0 Å². The lowest BCUT2D eigenvalue weighted by atomic mass is 10.2. The highest BCUT2D eigenvalue weighted by Gasteiger charge is 2.39. The Labute approximate surface area is 134 Å². The van der Waals surface area contributed by atoms with Crippen LogP contribution in [0.1, 0.15) is 39.5 Å². The first-order chi connectivity index (χ1) is 10.8. The average Bonchev–Trinajstić information content (AvgIpc) is 2.56. The summed E-state index contributed by atoms with van der Waals surface area (Å²) in [5.41, 5.74) is 1.19. The number of unbranched alkanes of at least 4 members (excludes halogenated alkanes) is 2. The van der Waals surface area contributed by atoms with E-state index in [0.717, 1.165) is 32.2 Å². The van der Waals surface area contributed by atoms with Crippen molar-refractivity contribution in [1.29, 1.82) is 0 Å². The minimum absolute atomic E-state index is 0.616. The molecule has 1 saturated heterocycles. The van der Waals surface area contributed by atoms with Crippen LogP contribution in [0.5, 0.6) is 0 Å². The van der Waals surface area contributed by atoms with Gasteiger partial charge in [-0.2, -0.15) is 0 Å². The summed E-state index contributed by atoms with van der Waals surface area (Å²) in [6.07, 6.45) is 4.25. The predicted molar refractivity (Wildman–Crippen MR) is 89.1 cm³/mol. The Morgan fingerprint density at radius 2 is 1.68 bits per heavy atom. The topological polar surface area (TPSA) is 30.9 Å². The van der Waals surface area contributed by atoms with Crippen LogP contribution in [0.15, 0.2) is 30.3 Å². The van der Waals surface area contributed by atoms with Crippen molar-refractivity contribution in [2.24, 2.45) is 0 Å². The highest BCUT2D eigenvalue weighted by molar-refractivity contribution is 5.46. The Hall–Kier alpha value is -1.10. The fraction of sp³-hybridized carbons (Fsp3) is 0.667. The second-order valence-electron chi connectivity index (χ2n) is 5.69. The molecule has 1 aromatic rings. The Kier molecular flexibility index (Phi) is 7.16. The number of nitrogens with zero attached hydrogens (tertiary/aromatic N) is 1. The molecule has 0 aromatic heterocycles. The van der Waals surface area contributed by atoms with E-state index in [1.54, 1.807) is 0 Å². The second kappa shape index (κ2) is 9.13. The molecule has 1 aliphatic rings. The normalized spacial score (nSPS) is 17.6. The molecule has 124 valence electrons. The standard InChI is InChI=1S/C18H29NO3/c1-3-5-13-20-18(21-14-6-4-2)16-19(12-15-22-18)17-10-8-7-9-11-17/h7-11H,3-6,12-16H2,1-2H3. The molecule has 1 aliphatic heterocycles. The van der Waals surface area contributed by atoms with E-state index in [1.165, 1.54) is 5.69 Å². The Morgan fingerprint density at radius 1 is 1.05 bits per heavy atom. The summed E-state index contributed by atoms with van der Waals surface area (Å²) in [7, 11) is 0. The maximum Gasteiger partial charge on any atom is 0.301 e. The molecule has 0 radical (unpaired) electrons. The molecule has 0 aliphatic carbocycles. The molecular formula is C18H29NO3. The number of ether oxygens (including phenoxy) is 3. The molecule has 0 unspecified atom stereocenters. The number of morpholine rings is 1. The first kappa shape index (κ1) is 17.3. The maximum absolute atomic E-state index is 6.02. The fourth-order valence-electron chi connectivity index (χ4n) is 2.49. The summed E-state index contributed by atoms with van der Waals surface area (Å²) in [5.74, 6) is -0.918. The Bertz CT molecular complexity index is 400. The number of benzene rings is 1. The van der Waals surface area contributed by atoms with E-state index >= 15 is 0 Å². The van der Waals surface area contributed by atoms with Gasteiger partial charge in [-0.05, 0) is 25.0 Å². The summed E-state index contributed by atoms with van der Waals surface area (Å²) in [6, 6.07) is 10.4. The van der Waals surface area contributed by atoms with Crippen LogP contribution in [0, 0.1) is 0 Å². The summed E-state index contributed by atoms with van der Waals surface area (Å²) >= 11 is 0. The van der Waals surface area contributed by atoms with Crippen molar-refractivity contribution < 1.29 is 14.2 Å². The molecule has 1 heterocycles. The molecule has 1 aromatic carbocycles. The van der Waals surface area contributed by atoms with Gasteiger partial charge in [-0.15, -0.1) is 0 Å². The zero-order valence-electron chi connectivity index (χ0n) is 13.9. The number of hydrogen-bond donors (Lipinski definition) is 0. The number of rotatable bonds is 9. The van der Waals surface area contributed by atoms with Crippen molar-refractivity contribution in [3.05, 3.63) is 30.3 Å². The van der Waals surface area contributed by atoms with Crippen LogP contribution in [0.3, 0.4) is 0 Å². The Morgan fingerprint density at radius 3 is 2.27 bits per heavy atom. The summed E-state index contributed by atoms with van der Waals surface area (Å²) in [5, 5.41) is 0. The van der Waals surface area contributed by atoms with Gasteiger partial charge >= 0.3 is 5.97 Å². The van der Waals surface area contributed by atoms with E-state index < -0.39 is 5.97 Å². The van der Waals surface area contributed by atoms with E-state index in [0.29, 0.717) is 26.4 Å². The zero-order valence-corrected chi connectivity index (χ0v) is 13.9. The van der Waals surface area contributed by atoms with E-state index in [9.17, 15) is 0 Å². The minimum atomic E-state index is -0.918. The van der Waals surface area contributed by atoms with Gasteiger partial charge in [0.1, 0.15) is 6.54 Å². The van der Waals surface area contributed by atoms with Gasteiger partial charge < -0.3 is 19.1 Å². The largest absolute Gasteiger partial charge is 0.361 e. The van der Waals surface area contributed by atoms with Crippen molar-refractivity contribution in [1.82, 2.24) is 0 Å². The lowest BCUT2D eigenvalue weighted by molar-refractivity contribution is -0.380. The quantitative estimate of drug-likeness (QED) is 0.513. The Balaban J connectivity index is 2.02. The van der Waals surface area contributed by atoms with Gasteiger partial charge in [0.2, 0.25) is 0 Å². The van der Waals surface area contributed by atoms with Gasteiger partial charge in [-0.1, -0.05) is 44.9 Å². The molecule has 0 saturated carbocycles. The summed E-state index contributed by atoms with van der Waals surface area (Å²) in [6.45, 7) is 7.76. The molecule has 0 amide bonds. The lowest BCUT2D eigenvalue weighted by Gasteiger charge is -2.42. The van der Waals surface area contributed by atoms with E-state index in [4.69, 9.17) is 14.2 Å². The van der Waals surface area contributed by atoms with Crippen LogP contribution in [-0.2, 0) is 14.2 Å². The third-order valence-corrected chi connectivity index (χ3v) is 3.83. The maximum atomic E-state index is 6.02. The van der Waals surface area contributed by atoms with E-state index in [-0.39, 0.29) is 0 Å². The van der Waals surface area contributed by atoms with Gasteiger partial charge in [0, 0.05) is 12.2 Å². The molecule has 4 nitrogen and oxygen atoms in total. The molecule has 22 heavy (non-hydrogen) atoms. The predicted octanol–water partition coefficient (Wildman–Crippen LogP) is 3.81. The van der Waals surface area contributed by atoms with Gasteiger partial charge in [0.05, 0.1) is 19.8 Å². The highest BCUT2D eigenvalue weighted by atomic mass is 16.9. The summed E-state index contributed by atoms with van der Waals surface area (Å²) in [4.78, 5) is 2.28. The number of anilines is 1. The van der Waals surface area contributed by atoms with Gasteiger partial charge in [0.25, 0.3) is 0 Å². The first-order valence-corrected chi connectivity index (χ1v) is 8.51. The minimum Gasteiger partial charge on any atom is -0.361 e. The lowest BCUT2D eigenvalue weighted by Crippen LogP contribution is -2.55. The van der Waals surface area contributed by atoms with Crippen LogP contribution in [0.25, 0.3) is 0 Å². The molecule has 2 rings (SSSR count). The third-order valence-electron chi connectivity index (χ3n) is 3.83. The van der Waals surface area contributed by atoms with Crippen molar-refractivity contribution in [2.45, 2.75) is 45.5 Å². The van der Waals surface area contributed by atoms with Crippen LogP contribution in [-0.4, -0.2) is 38.9 Å². The molecule has 0 N–H and O–H groups in total. The highest BCUT2D eigenvalue weighted by Crippen LogP contribution is 2.26. The van der Waals surface area contributed by atoms with Crippen molar-refractivity contribution in [3.8, 4) is 0 Å². The molecule has 4 heteroatoms. The summed E-state index contributed by atoms with van der Waals surface area (Å²) < 4.78 is 18.0. The van der Waals surface area contributed by atoms with Crippen LogP contribution < -0.4 is 4.90 Å². The molecular weight excluding hydrogens is 278 g/mol. The smallest absolute Gasteiger partial charge is 0.301 e. The van der Waals surface area contributed by atoms with Crippen LogP contribution in [0.2, 0.25) is 0 Å². The first-order valence-electron chi connectivity index (χ1n) is 8.51. The van der Waals surface area contributed by atoms with Gasteiger partial charge in [-0.3, -0.25) is 0 Å². The molecule has 0 atom stereocenters. The monoisotopic (exact) mass is 307 g/mol. The van der Waals surface area contributed by atoms with Gasteiger partial charge in [0.15, 0.2) is 0 Å². The van der Waals surface area contributed by atoms with Crippen molar-refractivity contribution in [2.75, 3.05) is 37.8 Å². The van der Waals surface area contributed by atoms with Crippen LogP contribution >= 0.6 is 0 Å². The fourth-order valence-corrected chi connectivity index (χ4v) is 2.49. The van der Waals surface area contributed by atoms with E-state index in [2.05, 4.69) is 43.0 Å². The molecule has 1 fully saturated rings. The number of hydrogen-bond acceptors (Lipinski definition) is 4. The van der Waals surface area contributed by atoms with Crippen LogP contribution in [0.4, 0.5) is 5.69 Å². The average molecular weight is 307 g/mol. The van der Waals surface area contributed by atoms with Gasteiger partial charge in [-0.25, -0.2) is 0 Å². The van der Waals surface area contributed by atoms with Crippen molar-refractivity contribution >= 4 is 5.69 Å². The third kappa shape index (κ3) is 4.97. The molecule has 0 bridgehead atoms. The zero-order chi connectivity index (χ0) is 15.7. The molecule has 0 spiro atoms. The van der Waals surface area contributed by atoms with E-state index in [1.807, 2.05) is 6.07 Å². The number of para-hydroxylation sites is 1. The SMILES string of the molecule is CCCCOC1(OCCCC)CN(c2ccccc2)CCO1.